The minimum Gasteiger partial charge on any atom is -0.258 e. The summed E-state index contributed by atoms with van der Waals surface area (Å²) >= 11 is 1.08. The van der Waals surface area contributed by atoms with Crippen LogP contribution in [0.4, 0.5) is 5.69 Å². The molecule has 1 aliphatic heterocycles. The Morgan fingerprint density at radius 1 is 1.19 bits per heavy atom. The minimum absolute atomic E-state index is 0.0663. The normalized spacial score (nSPS) is 16.2. The van der Waals surface area contributed by atoms with Gasteiger partial charge in [-0.3, -0.25) is 14.5 Å². The van der Waals surface area contributed by atoms with E-state index in [2.05, 4.69) is 22.1 Å². The number of sulfonamides is 1. The number of aromatic amines is 1. The summed E-state index contributed by atoms with van der Waals surface area (Å²) in [6.07, 6.45) is 1.56. The summed E-state index contributed by atoms with van der Waals surface area (Å²) in [5.74, 6) is 0.995. The monoisotopic (exact) mass is 472 g/mol. The highest BCUT2D eigenvalue weighted by Crippen LogP contribution is 2.37. The topological polar surface area (TPSA) is 126 Å². The average molecular weight is 473 g/mol. The smallest absolute Gasteiger partial charge is 0.258 e. The Labute approximate surface area is 187 Å². The van der Waals surface area contributed by atoms with E-state index in [1.165, 1.54) is 16.4 Å². The summed E-state index contributed by atoms with van der Waals surface area (Å²) in [5, 5.41) is 19.4. The number of hydrogen-bond acceptors (Lipinski definition) is 7. The second-order valence-corrected chi connectivity index (χ2v) is 10.8. The summed E-state index contributed by atoms with van der Waals surface area (Å²) in [5.41, 5.74) is 1.32. The number of nitrogens with zero attached hydrogens (tertiary/aromatic N) is 5. The van der Waals surface area contributed by atoms with Crippen LogP contribution in [0.15, 0.2) is 57.4 Å². The highest BCUT2D eigenvalue weighted by atomic mass is 32.2. The number of imidazole rings is 1. The predicted molar refractivity (Wildman–Crippen MR) is 119 cm³/mol. The van der Waals surface area contributed by atoms with Crippen molar-refractivity contribution in [2.24, 2.45) is 5.92 Å². The van der Waals surface area contributed by atoms with E-state index in [0.29, 0.717) is 34.8 Å². The third-order valence-electron chi connectivity index (χ3n) is 5.71. The minimum atomic E-state index is -3.79. The molecular weight excluding hydrogens is 452 g/mol. The summed E-state index contributed by atoms with van der Waals surface area (Å²) in [7, 11) is -3.79. The molecule has 0 atom stereocenters. The molecule has 0 aliphatic carbocycles. The van der Waals surface area contributed by atoms with E-state index in [-0.39, 0.29) is 10.6 Å². The van der Waals surface area contributed by atoms with Crippen molar-refractivity contribution >= 4 is 44.3 Å². The lowest BCUT2D eigenvalue weighted by atomic mass is 10.0. The highest BCUT2D eigenvalue weighted by molar-refractivity contribution is 7.99. The third-order valence-corrected chi connectivity index (χ3v) is 8.63. The van der Waals surface area contributed by atoms with Crippen molar-refractivity contribution in [2.75, 3.05) is 13.1 Å². The van der Waals surface area contributed by atoms with Crippen molar-refractivity contribution in [1.82, 2.24) is 23.9 Å². The third kappa shape index (κ3) is 3.53. The first kappa shape index (κ1) is 20.9. The fourth-order valence-electron chi connectivity index (χ4n) is 3.87. The Morgan fingerprint density at radius 2 is 1.94 bits per heavy atom. The van der Waals surface area contributed by atoms with Crippen molar-refractivity contribution in [3.05, 3.63) is 52.6 Å². The number of nitrogens with one attached hydrogen (secondary N) is 1. The van der Waals surface area contributed by atoms with Gasteiger partial charge in [0.05, 0.1) is 25.7 Å². The lowest BCUT2D eigenvalue weighted by molar-refractivity contribution is -0.388. The Balaban J connectivity index is 1.52. The number of para-hydroxylation sites is 2. The van der Waals surface area contributed by atoms with E-state index in [9.17, 15) is 18.5 Å². The maximum absolute atomic E-state index is 13.1. The number of hydrogen-bond donors (Lipinski definition) is 1. The molecule has 0 unspecified atom stereocenters. The van der Waals surface area contributed by atoms with Gasteiger partial charge in [-0.05, 0) is 54.8 Å². The summed E-state index contributed by atoms with van der Waals surface area (Å²) in [6.45, 7) is 2.94. The van der Waals surface area contributed by atoms with Crippen LogP contribution >= 0.6 is 11.8 Å². The number of benzene rings is 2. The van der Waals surface area contributed by atoms with Gasteiger partial charge in [0.1, 0.15) is 0 Å². The van der Waals surface area contributed by atoms with E-state index >= 15 is 0 Å². The largest absolute Gasteiger partial charge is 0.284 e. The van der Waals surface area contributed by atoms with Gasteiger partial charge in [0, 0.05) is 19.2 Å². The standard InChI is InChI=1S/C20H20N6O4S2/c1-13-8-10-24(11-9-13)32(29,30)14-6-7-18(17(12-14)26(27)28)31-20-23-22-19-21-15-4-2-3-5-16(15)25(19)20/h2-7,12-13H,8-11H2,1H3,(H,21,22). The van der Waals surface area contributed by atoms with Crippen molar-refractivity contribution in [3.63, 3.8) is 0 Å². The van der Waals surface area contributed by atoms with Crippen LogP contribution in [-0.4, -0.2) is 50.3 Å². The van der Waals surface area contributed by atoms with Gasteiger partial charge < -0.3 is 0 Å². The molecule has 5 rings (SSSR count). The summed E-state index contributed by atoms with van der Waals surface area (Å²) in [4.78, 5) is 15.9. The maximum Gasteiger partial charge on any atom is 0.284 e. The van der Waals surface area contributed by atoms with Crippen LogP contribution in [0.25, 0.3) is 16.8 Å². The van der Waals surface area contributed by atoms with Crippen molar-refractivity contribution in [1.29, 1.82) is 0 Å². The van der Waals surface area contributed by atoms with Gasteiger partial charge in [0.15, 0.2) is 5.16 Å². The van der Waals surface area contributed by atoms with Gasteiger partial charge >= 0.3 is 0 Å². The van der Waals surface area contributed by atoms with Crippen LogP contribution in [0.5, 0.6) is 0 Å². The first-order valence-corrected chi connectivity index (χ1v) is 12.4. The second kappa shape index (κ2) is 7.87. The number of nitro groups is 1. The molecule has 0 amide bonds. The zero-order chi connectivity index (χ0) is 22.5. The van der Waals surface area contributed by atoms with Crippen molar-refractivity contribution < 1.29 is 13.3 Å². The molecule has 12 heteroatoms. The van der Waals surface area contributed by atoms with E-state index in [1.54, 1.807) is 4.40 Å². The maximum atomic E-state index is 13.1. The number of fused-ring (bicyclic) bond motifs is 3. The van der Waals surface area contributed by atoms with Crippen LogP contribution in [0.3, 0.4) is 0 Å². The molecule has 2 aromatic heterocycles. The van der Waals surface area contributed by atoms with Crippen LogP contribution in [-0.2, 0) is 10.0 Å². The molecule has 1 saturated heterocycles. The SMILES string of the molecule is CC1CCN(S(=O)(=O)c2ccc(Sc3n[nH]c4nc5ccccc5n34)c([N+](=O)[O-])c2)CC1. The molecule has 0 radical (unpaired) electrons. The number of aromatic nitrogens is 4. The fourth-order valence-corrected chi connectivity index (χ4v) is 6.30. The van der Waals surface area contributed by atoms with Gasteiger partial charge in [-0.2, -0.15) is 4.31 Å². The van der Waals surface area contributed by atoms with Gasteiger partial charge in [0.25, 0.3) is 5.69 Å². The number of nitro benzene ring substituents is 1. The van der Waals surface area contributed by atoms with Crippen LogP contribution < -0.4 is 0 Å². The van der Waals surface area contributed by atoms with Crippen LogP contribution in [0, 0.1) is 16.0 Å². The molecule has 0 saturated carbocycles. The Hall–Kier alpha value is -2.96. The number of rotatable bonds is 5. The predicted octanol–water partition coefficient (Wildman–Crippen LogP) is 3.69. The molecule has 1 fully saturated rings. The van der Waals surface area contributed by atoms with Gasteiger partial charge in [-0.15, -0.1) is 5.10 Å². The molecule has 32 heavy (non-hydrogen) atoms. The Kier molecular flexibility index (Phi) is 5.14. The Bertz CT molecular complexity index is 1440. The molecular formula is C20H20N6O4S2. The zero-order valence-electron chi connectivity index (χ0n) is 17.1. The quantitative estimate of drug-likeness (QED) is 0.347. The molecule has 4 aromatic rings. The first-order chi connectivity index (χ1) is 15.3. The second-order valence-electron chi connectivity index (χ2n) is 7.84. The van der Waals surface area contributed by atoms with E-state index in [4.69, 9.17) is 0 Å². The summed E-state index contributed by atoms with van der Waals surface area (Å²) < 4.78 is 29.3. The van der Waals surface area contributed by atoms with E-state index in [1.807, 2.05) is 24.3 Å². The van der Waals surface area contributed by atoms with Gasteiger partial charge in [-0.1, -0.05) is 19.1 Å². The van der Waals surface area contributed by atoms with Crippen molar-refractivity contribution in [3.8, 4) is 0 Å². The van der Waals surface area contributed by atoms with E-state index in [0.717, 1.165) is 41.7 Å². The molecule has 166 valence electrons. The molecule has 1 N–H and O–H groups in total. The summed E-state index contributed by atoms with van der Waals surface area (Å²) in [6, 6.07) is 11.6. The van der Waals surface area contributed by atoms with Crippen LogP contribution in [0.1, 0.15) is 19.8 Å². The van der Waals surface area contributed by atoms with Gasteiger partial charge in [0.2, 0.25) is 15.8 Å². The first-order valence-electron chi connectivity index (χ1n) is 10.1. The van der Waals surface area contributed by atoms with Gasteiger partial charge in [-0.25, -0.2) is 18.5 Å². The number of H-pyrrole nitrogens is 1. The highest BCUT2D eigenvalue weighted by Gasteiger charge is 2.30. The average Bonchev–Trinajstić information content (AvgIpc) is 3.34. The molecule has 0 bridgehead atoms. The van der Waals surface area contributed by atoms with Crippen LogP contribution in [0.2, 0.25) is 0 Å². The molecule has 10 nitrogen and oxygen atoms in total. The lowest BCUT2D eigenvalue weighted by Crippen LogP contribution is -2.37. The van der Waals surface area contributed by atoms with E-state index < -0.39 is 14.9 Å². The van der Waals surface area contributed by atoms with Crippen molar-refractivity contribution in [2.45, 2.75) is 34.7 Å². The molecule has 3 heterocycles. The Morgan fingerprint density at radius 3 is 2.69 bits per heavy atom. The number of piperidine rings is 1. The lowest BCUT2D eigenvalue weighted by Gasteiger charge is -2.29. The molecule has 1 aliphatic rings. The zero-order valence-corrected chi connectivity index (χ0v) is 18.8. The molecule has 2 aromatic carbocycles. The fraction of sp³-hybridized carbons (Fsp3) is 0.300. The molecule has 0 spiro atoms.